The van der Waals surface area contributed by atoms with E-state index in [4.69, 9.17) is 5.11 Å². The van der Waals surface area contributed by atoms with Crippen molar-refractivity contribution >= 4 is 11.8 Å². The highest BCUT2D eigenvalue weighted by Crippen LogP contribution is 2.10. The molecule has 0 radical (unpaired) electrons. The number of carbonyl (C=O) groups is 1. The van der Waals surface area contributed by atoms with Crippen LogP contribution in [0.25, 0.3) is 0 Å². The van der Waals surface area contributed by atoms with E-state index in [1.807, 2.05) is 17.7 Å². The number of hydrogen-bond acceptors (Lipinski definition) is 5. The van der Waals surface area contributed by atoms with Gasteiger partial charge in [0, 0.05) is 37.4 Å². The highest BCUT2D eigenvalue weighted by Gasteiger charge is 2.14. The molecule has 2 rings (SSSR count). The number of carboxylic acids is 1. The van der Waals surface area contributed by atoms with Crippen molar-refractivity contribution < 1.29 is 9.90 Å². The molecule has 2 N–H and O–H groups in total. The lowest BCUT2D eigenvalue weighted by Crippen LogP contribution is -2.23. The number of nitrogens with one attached hydrogen (secondary N) is 1. The van der Waals surface area contributed by atoms with E-state index in [-0.39, 0.29) is 17.6 Å². The second kappa shape index (κ2) is 5.26. The molecular formula is C11H13N5O2. The van der Waals surface area contributed by atoms with Crippen LogP contribution in [0.4, 0.5) is 5.82 Å². The maximum atomic E-state index is 11.0. The van der Waals surface area contributed by atoms with Crippen molar-refractivity contribution in [2.45, 2.75) is 19.5 Å². The predicted octanol–water partition coefficient (Wildman–Crippen LogP) is 0.872. The summed E-state index contributed by atoms with van der Waals surface area (Å²) in [5, 5.41) is 12.0. The lowest BCUT2D eigenvalue weighted by molar-refractivity contribution is 0.0691. The molecule has 0 amide bonds. The van der Waals surface area contributed by atoms with Crippen molar-refractivity contribution in [1.82, 2.24) is 19.5 Å². The number of anilines is 1. The first-order valence-electron chi connectivity index (χ1n) is 5.43. The van der Waals surface area contributed by atoms with Gasteiger partial charge in [0.1, 0.15) is 0 Å². The molecule has 7 nitrogen and oxygen atoms in total. The summed E-state index contributed by atoms with van der Waals surface area (Å²) in [7, 11) is 0. The van der Waals surface area contributed by atoms with Gasteiger partial charge in [-0.25, -0.2) is 19.7 Å². The van der Waals surface area contributed by atoms with Crippen molar-refractivity contribution in [3.05, 3.63) is 36.8 Å². The summed E-state index contributed by atoms with van der Waals surface area (Å²) in [6.07, 6.45) is 8.05. The Morgan fingerprint density at radius 3 is 2.89 bits per heavy atom. The molecule has 1 atom stereocenters. The molecule has 0 saturated heterocycles. The molecule has 0 spiro atoms. The van der Waals surface area contributed by atoms with Gasteiger partial charge in [-0.05, 0) is 6.92 Å². The Morgan fingerprint density at radius 2 is 2.22 bits per heavy atom. The van der Waals surface area contributed by atoms with E-state index in [1.165, 1.54) is 12.4 Å². The fraction of sp³-hybridized carbons (Fsp3) is 0.273. The molecule has 2 aromatic heterocycles. The van der Waals surface area contributed by atoms with E-state index in [1.54, 1.807) is 12.5 Å². The number of imidazole rings is 1. The average Bonchev–Trinajstić information content (AvgIpc) is 2.82. The van der Waals surface area contributed by atoms with Crippen molar-refractivity contribution in [3.8, 4) is 0 Å². The molecule has 0 aliphatic rings. The Bertz CT molecular complexity index is 526. The standard InChI is InChI=1S/C11H13N5O2/c1-8(6-16-5-4-12-7-16)15-10-9(11(17)18)13-2-3-14-10/h2-5,7-8H,6H2,1H3,(H,14,15)(H,17,18). The summed E-state index contributed by atoms with van der Waals surface area (Å²) >= 11 is 0. The Labute approximate surface area is 104 Å². The van der Waals surface area contributed by atoms with Crippen molar-refractivity contribution in [2.75, 3.05) is 5.32 Å². The summed E-state index contributed by atoms with van der Waals surface area (Å²) in [4.78, 5) is 22.7. The molecular weight excluding hydrogens is 234 g/mol. The maximum absolute atomic E-state index is 11.0. The molecule has 0 aliphatic carbocycles. The Hall–Kier alpha value is -2.44. The summed E-state index contributed by atoms with van der Waals surface area (Å²) < 4.78 is 1.90. The van der Waals surface area contributed by atoms with Crippen LogP contribution < -0.4 is 5.32 Å². The summed E-state index contributed by atoms with van der Waals surface area (Å²) in [6, 6.07) is 0.00833. The average molecular weight is 247 g/mol. The first-order chi connectivity index (χ1) is 8.66. The van der Waals surface area contributed by atoms with Gasteiger partial charge in [-0.3, -0.25) is 0 Å². The van der Waals surface area contributed by atoms with E-state index < -0.39 is 5.97 Å². The van der Waals surface area contributed by atoms with Gasteiger partial charge < -0.3 is 15.0 Å². The van der Waals surface area contributed by atoms with Crippen molar-refractivity contribution in [3.63, 3.8) is 0 Å². The molecule has 0 aliphatic heterocycles. The van der Waals surface area contributed by atoms with E-state index in [9.17, 15) is 4.79 Å². The highest BCUT2D eigenvalue weighted by atomic mass is 16.4. The Morgan fingerprint density at radius 1 is 1.44 bits per heavy atom. The molecule has 18 heavy (non-hydrogen) atoms. The van der Waals surface area contributed by atoms with Crippen LogP contribution in [0, 0.1) is 0 Å². The minimum atomic E-state index is -1.10. The second-order valence-corrected chi connectivity index (χ2v) is 3.86. The van der Waals surface area contributed by atoms with Crippen LogP contribution in [0.2, 0.25) is 0 Å². The van der Waals surface area contributed by atoms with Crippen LogP contribution in [-0.2, 0) is 6.54 Å². The third kappa shape index (κ3) is 2.82. The molecule has 2 heterocycles. The number of nitrogens with zero attached hydrogens (tertiary/aromatic N) is 4. The third-order valence-corrected chi connectivity index (χ3v) is 2.33. The monoisotopic (exact) mass is 247 g/mol. The smallest absolute Gasteiger partial charge is 0.358 e. The summed E-state index contributed by atoms with van der Waals surface area (Å²) in [5.74, 6) is -0.821. The fourth-order valence-electron chi connectivity index (χ4n) is 1.59. The molecule has 0 fully saturated rings. The summed E-state index contributed by atoms with van der Waals surface area (Å²) in [6.45, 7) is 2.59. The van der Waals surface area contributed by atoms with Crippen LogP contribution in [0.1, 0.15) is 17.4 Å². The molecule has 0 aromatic carbocycles. The van der Waals surface area contributed by atoms with Crippen LogP contribution in [0.15, 0.2) is 31.1 Å². The number of hydrogen-bond donors (Lipinski definition) is 2. The normalized spacial score (nSPS) is 12.1. The first kappa shape index (κ1) is 12.0. The topological polar surface area (TPSA) is 92.9 Å². The van der Waals surface area contributed by atoms with E-state index in [2.05, 4.69) is 20.3 Å². The number of rotatable bonds is 5. The SMILES string of the molecule is CC(Cn1ccnc1)Nc1nccnc1C(=O)O. The quantitative estimate of drug-likeness (QED) is 0.814. The van der Waals surface area contributed by atoms with Crippen molar-refractivity contribution in [2.24, 2.45) is 0 Å². The maximum Gasteiger partial charge on any atom is 0.358 e. The van der Waals surface area contributed by atoms with Gasteiger partial charge >= 0.3 is 5.97 Å². The molecule has 94 valence electrons. The van der Waals surface area contributed by atoms with Gasteiger partial charge in [0.15, 0.2) is 11.5 Å². The predicted molar refractivity (Wildman–Crippen MR) is 64.3 cm³/mol. The summed E-state index contributed by atoms with van der Waals surface area (Å²) in [5.41, 5.74) is -0.0741. The molecule has 0 bridgehead atoms. The Kier molecular flexibility index (Phi) is 3.52. The lowest BCUT2D eigenvalue weighted by Gasteiger charge is -2.15. The Balaban J connectivity index is 2.07. The zero-order valence-electron chi connectivity index (χ0n) is 9.82. The van der Waals surface area contributed by atoms with E-state index in [0.29, 0.717) is 6.54 Å². The number of aromatic nitrogens is 4. The second-order valence-electron chi connectivity index (χ2n) is 3.86. The number of carboxylic acid groups (broad SMARTS) is 1. The number of aromatic carboxylic acids is 1. The zero-order valence-corrected chi connectivity index (χ0v) is 9.82. The molecule has 1 unspecified atom stereocenters. The van der Waals surface area contributed by atoms with Gasteiger partial charge in [-0.1, -0.05) is 0 Å². The molecule has 7 heteroatoms. The van der Waals surface area contributed by atoms with Crippen LogP contribution in [-0.4, -0.2) is 36.6 Å². The lowest BCUT2D eigenvalue weighted by atomic mass is 10.3. The largest absolute Gasteiger partial charge is 0.476 e. The third-order valence-electron chi connectivity index (χ3n) is 2.33. The van der Waals surface area contributed by atoms with Gasteiger partial charge in [-0.2, -0.15) is 0 Å². The van der Waals surface area contributed by atoms with Crippen LogP contribution >= 0.6 is 0 Å². The van der Waals surface area contributed by atoms with Gasteiger partial charge in [0.25, 0.3) is 0 Å². The van der Waals surface area contributed by atoms with Crippen LogP contribution in [0.5, 0.6) is 0 Å². The molecule has 2 aromatic rings. The first-order valence-corrected chi connectivity index (χ1v) is 5.43. The fourth-order valence-corrected chi connectivity index (χ4v) is 1.59. The van der Waals surface area contributed by atoms with Crippen molar-refractivity contribution in [1.29, 1.82) is 0 Å². The van der Waals surface area contributed by atoms with E-state index >= 15 is 0 Å². The minimum absolute atomic E-state index is 0.00833. The van der Waals surface area contributed by atoms with Crippen LogP contribution in [0.3, 0.4) is 0 Å². The van der Waals surface area contributed by atoms with Gasteiger partial charge in [-0.15, -0.1) is 0 Å². The minimum Gasteiger partial charge on any atom is -0.476 e. The van der Waals surface area contributed by atoms with E-state index in [0.717, 1.165) is 0 Å². The zero-order chi connectivity index (χ0) is 13.0. The van der Waals surface area contributed by atoms with Gasteiger partial charge in [0.2, 0.25) is 0 Å². The highest BCUT2D eigenvalue weighted by molar-refractivity contribution is 5.90. The molecule has 0 saturated carbocycles. The van der Waals surface area contributed by atoms with Gasteiger partial charge in [0.05, 0.1) is 6.33 Å².